The maximum Gasteiger partial charge on any atom is 0.318 e. The molecule has 10 heteroatoms. The van der Waals surface area contributed by atoms with E-state index in [4.69, 9.17) is 19.4 Å². The van der Waals surface area contributed by atoms with Crippen molar-refractivity contribution >= 4 is 28.6 Å². The van der Waals surface area contributed by atoms with Gasteiger partial charge in [0, 0.05) is 38.0 Å². The monoisotopic (exact) mass is 437 g/mol. The Balaban J connectivity index is 1.56. The minimum absolute atomic E-state index is 0.110. The molecule has 32 heavy (non-hydrogen) atoms. The van der Waals surface area contributed by atoms with E-state index in [1.54, 1.807) is 7.05 Å². The van der Waals surface area contributed by atoms with Crippen molar-refractivity contribution in [2.24, 2.45) is 0 Å². The first-order valence-electron chi connectivity index (χ1n) is 11.0. The zero-order valence-electron chi connectivity index (χ0n) is 18.1. The molecule has 10 nitrogen and oxygen atoms in total. The molecule has 5 rings (SSSR count). The van der Waals surface area contributed by atoms with Gasteiger partial charge < -0.3 is 25.0 Å². The summed E-state index contributed by atoms with van der Waals surface area (Å²) in [5.41, 5.74) is 2.33. The van der Waals surface area contributed by atoms with Crippen molar-refractivity contribution in [3.8, 4) is 11.4 Å². The first-order chi connectivity index (χ1) is 15.7. The highest BCUT2D eigenvalue weighted by atomic mass is 16.5. The molecular weight excluding hydrogens is 410 g/mol. The molecule has 2 amide bonds. The second-order valence-electron chi connectivity index (χ2n) is 7.90. The fraction of sp³-hybridized carbons (Fsp3) is 0.455. The minimum Gasteiger partial charge on any atom is -0.378 e. The summed E-state index contributed by atoms with van der Waals surface area (Å²) in [7, 11) is 1.58. The van der Waals surface area contributed by atoms with E-state index in [0.29, 0.717) is 24.7 Å². The molecule has 0 radical (unpaired) electrons. The van der Waals surface area contributed by atoms with Gasteiger partial charge in [-0.3, -0.25) is 0 Å². The summed E-state index contributed by atoms with van der Waals surface area (Å²) in [6.45, 7) is 3.61. The van der Waals surface area contributed by atoms with Crippen molar-refractivity contribution in [1.29, 1.82) is 0 Å². The Hall–Kier alpha value is -3.24. The minimum atomic E-state index is -0.263. The maximum atomic E-state index is 11.6. The van der Waals surface area contributed by atoms with Crippen LogP contribution in [0, 0.1) is 0 Å². The van der Waals surface area contributed by atoms with Crippen LogP contribution in [0.1, 0.15) is 25.5 Å². The highest BCUT2D eigenvalue weighted by Gasteiger charge is 2.24. The van der Waals surface area contributed by atoms with E-state index < -0.39 is 0 Å². The molecular formula is C22H27N7O3. The fourth-order valence-electron chi connectivity index (χ4n) is 4.08. The molecule has 2 saturated heterocycles. The number of carbonyl (C=O) groups is 1. The van der Waals surface area contributed by atoms with Crippen LogP contribution in [-0.2, 0) is 9.47 Å². The molecule has 0 bridgehead atoms. The van der Waals surface area contributed by atoms with Crippen LogP contribution in [0.15, 0.2) is 30.5 Å². The van der Waals surface area contributed by atoms with Crippen molar-refractivity contribution < 1.29 is 14.3 Å². The average molecular weight is 438 g/mol. The first-order valence-corrected chi connectivity index (χ1v) is 11.0. The van der Waals surface area contributed by atoms with E-state index >= 15 is 0 Å². The Morgan fingerprint density at radius 2 is 1.91 bits per heavy atom. The van der Waals surface area contributed by atoms with Gasteiger partial charge in [0.15, 0.2) is 17.7 Å². The van der Waals surface area contributed by atoms with Gasteiger partial charge in [-0.05, 0) is 43.5 Å². The lowest BCUT2D eigenvalue weighted by Crippen LogP contribution is -2.37. The normalized spacial score (nSPS) is 19.2. The van der Waals surface area contributed by atoms with Crippen LogP contribution in [-0.4, -0.2) is 65.7 Å². The van der Waals surface area contributed by atoms with Gasteiger partial charge in [0.25, 0.3) is 0 Å². The van der Waals surface area contributed by atoms with Crippen molar-refractivity contribution in [2.45, 2.75) is 25.5 Å². The summed E-state index contributed by atoms with van der Waals surface area (Å²) in [5, 5.41) is 10.9. The Kier molecular flexibility index (Phi) is 5.87. The second-order valence-corrected chi connectivity index (χ2v) is 7.90. The second kappa shape index (κ2) is 9.09. The molecule has 168 valence electrons. The number of hydrogen-bond donors (Lipinski definition) is 2. The van der Waals surface area contributed by atoms with Crippen LogP contribution in [0.3, 0.4) is 0 Å². The smallest absolute Gasteiger partial charge is 0.318 e. The van der Waals surface area contributed by atoms with Gasteiger partial charge in [-0.15, -0.1) is 0 Å². The quantitative estimate of drug-likeness (QED) is 0.646. The Morgan fingerprint density at radius 1 is 1.09 bits per heavy atom. The number of nitrogens with zero attached hydrogens (tertiary/aromatic N) is 5. The van der Waals surface area contributed by atoms with E-state index in [0.717, 1.165) is 61.4 Å². The number of aromatic nitrogens is 4. The number of amides is 2. The first kappa shape index (κ1) is 20.7. The van der Waals surface area contributed by atoms with Crippen LogP contribution >= 0.6 is 0 Å². The van der Waals surface area contributed by atoms with E-state index in [1.165, 1.54) is 0 Å². The number of benzene rings is 1. The summed E-state index contributed by atoms with van der Waals surface area (Å²) in [6.07, 6.45) is 4.84. The molecule has 2 aliphatic rings. The number of urea groups is 1. The molecule has 2 N–H and O–H groups in total. The highest BCUT2D eigenvalue weighted by Crippen LogP contribution is 2.32. The van der Waals surface area contributed by atoms with Crippen LogP contribution in [0.2, 0.25) is 0 Å². The number of nitrogens with one attached hydrogen (secondary N) is 2. The van der Waals surface area contributed by atoms with Gasteiger partial charge in [0.2, 0.25) is 0 Å². The molecule has 2 aromatic heterocycles. The predicted molar refractivity (Wildman–Crippen MR) is 121 cm³/mol. The van der Waals surface area contributed by atoms with Crippen molar-refractivity contribution in [3.05, 3.63) is 30.5 Å². The molecule has 2 aliphatic heterocycles. The fourth-order valence-corrected chi connectivity index (χ4v) is 4.08. The van der Waals surface area contributed by atoms with Crippen LogP contribution in [0.4, 0.5) is 16.3 Å². The predicted octanol–water partition coefficient (Wildman–Crippen LogP) is 2.78. The lowest BCUT2D eigenvalue weighted by atomic mass is 10.2. The third kappa shape index (κ3) is 4.11. The van der Waals surface area contributed by atoms with Crippen molar-refractivity contribution in [2.75, 3.05) is 50.2 Å². The van der Waals surface area contributed by atoms with Gasteiger partial charge in [-0.1, -0.05) is 0 Å². The number of ether oxygens (including phenoxy) is 2. The molecule has 0 saturated carbocycles. The number of anilines is 2. The Morgan fingerprint density at radius 3 is 2.62 bits per heavy atom. The van der Waals surface area contributed by atoms with Gasteiger partial charge in [0.05, 0.1) is 24.8 Å². The number of fused-ring (bicyclic) bond motifs is 1. The largest absolute Gasteiger partial charge is 0.378 e. The summed E-state index contributed by atoms with van der Waals surface area (Å²) >= 11 is 0. The molecule has 0 aliphatic carbocycles. The molecule has 1 aromatic carbocycles. The summed E-state index contributed by atoms with van der Waals surface area (Å²) in [5.74, 6) is 1.48. The molecule has 0 spiro atoms. The van der Waals surface area contributed by atoms with E-state index in [1.807, 2.05) is 35.1 Å². The van der Waals surface area contributed by atoms with E-state index in [9.17, 15) is 4.79 Å². The number of hydrogen-bond acceptors (Lipinski definition) is 7. The molecule has 1 atom stereocenters. The average Bonchev–Trinajstić information content (AvgIpc) is 3.29. The molecule has 3 aromatic rings. The number of carbonyl (C=O) groups excluding carboxylic acids is 1. The Labute approximate surface area is 185 Å². The third-order valence-electron chi connectivity index (χ3n) is 5.80. The van der Waals surface area contributed by atoms with Crippen molar-refractivity contribution in [1.82, 2.24) is 25.1 Å². The summed E-state index contributed by atoms with van der Waals surface area (Å²) < 4.78 is 13.4. The van der Waals surface area contributed by atoms with Crippen LogP contribution in [0.25, 0.3) is 22.4 Å². The van der Waals surface area contributed by atoms with Gasteiger partial charge >= 0.3 is 6.03 Å². The number of morpholine rings is 1. The summed E-state index contributed by atoms with van der Waals surface area (Å²) in [6, 6.07) is 7.24. The highest BCUT2D eigenvalue weighted by molar-refractivity contribution is 5.90. The van der Waals surface area contributed by atoms with Gasteiger partial charge in [-0.25, -0.2) is 19.4 Å². The van der Waals surface area contributed by atoms with Crippen LogP contribution < -0.4 is 15.5 Å². The zero-order chi connectivity index (χ0) is 21.9. The Bertz CT molecular complexity index is 1090. The van der Waals surface area contributed by atoms with E-state index in [2.05, 4.69) is 20.6 Å². The molecule has 1 unspecified atom stereocenters. The topological polar surface area (TPSA) is 106 Å². The molecule has 2 fully saturated rings. The maximum absolute atomic E-state index is 11.6. The zero-order valence-corrected chi connectivity index (χ0v) is 18.1. The summed E-state index contributed by atoms with van der Waals surface area (Å²) in [4.78, 5) is 23.6. The SMILES string of the molecule is CNC(=O)Nc1ccc(-c2nc(N3CCOCC3)c3cnn(C4CCCCO4)c3n2)cc1. The van der Waals surface area contributed by atoms with E-state index in [-0.39, 0.29) is 12.3 Å². The standard InChI is InChI=1S/C22H27N7O3/c1-23-22(30)25-16-7-5-15(6-8-16)19-26-20(28-9-12-31-13-10-28)17-14-24-29(21(17)27-19)18-4-2-3-11-32-18/h5-8,14,18H,2-4,9-13H2,1H3,(H2,23,25,30). The molecule has 4 heterocycles. The van der Waals surface area contributed by atoms with Gasteiger partial charge in [-0.2, -0.15) is 5.10 Å². The lowest BCUT2D eigenvalue weighted by Gasteiger charge is -2.28. The van der Waals surface area contributed by atoms with Crippen LogP contribution in [0.5, 0.6) is 0 Å². The van der Waals surface area contributed by atoms with Crippen molar-refractivity contribution in [3.63, 3.8) is 0 Å². The van der Waals surface area contributed by atoms with Gasteiger partial charge in [0.1, 0.15) is 5.82 Å². The number of rotatable bonds is 4. The third-order valence-corrected chi connectivity index (χ3v) is 5.80. The lowest BCUT2D eigenvalue weighted by molar-refractivity contribution is -0.0370.